The highest BCUT2D eigenvalue weighted by atomic mass is 32.2. The molecule has 0 bridgehead atoms. The van der Waals surface area contributed by atoms with Gasteiger partial charge in [0.05, 0.1) is 5.69 Å². The van der Waals surface area contributed by atoms with Gasteiger partial charge in [-0.2, -0.15) is 13.2 Å². The van der Waals surface area contributed by atoms with E-state index in [1.807, 2.05) is 0 Å². The normalized spacial score (nSPS) is 17.2. The van der Waals surface area contributed by atoms with E-state index in [-0.39, 0.29) is 22.3 Å². The van der Waals surface area contributed by atoms with Crippen molar-refractivity contribution in [3.8, 4) is 0 Å². The van der Waals surface area contributed by atoms with Gasteiger partial charge in [0.15, 0.2) is 5.57 Å². The van der Waals surface area contributed by atoms with E-state index in [0.717, 1.165) is 6.20 Å². The molecule has 0 spiro atoms. The van der Waals surface area contributed by atoms with Gasteiger partial charge in [0.1, 0.15) is 0 Å². The van der Waals surface area contributed by atoms with Crippen molar-refractivity contribution in [2.24, 2.45) is 0 Å². The molecule has 0 saturated carbocycles. The van der Waals surface area contributed by atoms with Gasteiger partial charge in [-0.1, -0.05) is 6.07 Å². The highest BCUT2D eigenvalue weighted by molar-refractivity contribution is 8.00. The second-order valence-electron chi connectivity index (χ2n) is 5.43. The number of anilines is 1. The maximum atomic E-state index is 12.6. The number of carbonyl (C=O) groups excluding carboxylic acids is 2. The van der Waals surface area contributed by atoms with Crippen molar-refractivity contribution in [3.05, 3.63) is 35.5 Å². The highest BCUT2D eigenvalue weighted by Crippen LogP contribution is 2.40. The molecule has 0 amide bonds. The molecule has 0 unspecified atom stereocenters. The zero-order valence-corrected chi connectivity index (χ0v) is 13.8. The Morgan fingerprint density at radius 3 is 2.29 bits per heavy atom. The van der Waals surface area contributed by atoms with Crippen molar-refractivity contribution >= 4 is 29.4 Å². The van der Waals surface area contributed by atoms with Gasteiger partial charge >= 0.3 is 17.4 Å². The fourth-order valence-electron chi connectivity index (χ4n) is 1.90. The van der Waals surface area contributed by atoms with Crippen LogP contribution in [0.2, 0.25) is 0 Å². The van der Waals surface area contributed by atoms with Crippen LogP contribution in [0.15, 0.2) is 34.9 Å². The van der Waals surface area contributed by atoms with E-state index in [2.05, 4.69) is 5.32 Å². The van der Waals surface area contributed by atoms with Gasteiger partial charge in [-0.15, -0.1) is 0 Å². The molecule has 1 aliphatic heterocycles. The van der Waals surface area contributed by atoms with Gasteiger partial charge in [0, 0.05) is 24.9 Å². The second kappa shape index (κ2) is 6.39. The smallest absolute Gasteiger partial charge is 0.419 e. The number of cyclic esters (lactones) is 2. The minimum Gasteiger partial charge on any atom is -0.419 e. The molecule has 130 valence electrons. The lowest BCUT2D eigenvalue weighted by Gasteiger charge is -2.29. The molecule has 5 nitrogen and oxygen atoms in total. The third-order valence-corrected chi connectivity index (χ3v) is 3.66. The molecule has 0 radical (unpaired) electrons. The highest BCUT2D eigenvalue weighted by Gasteiger charge is 2.39. The molecule has 0 aromatic heterocycles. The number of aryl methyl sites for hydroxylation is 1. The van der Waals surface area contributed by atoms with Gasteiger partial charge in [0.2, 0.25) is 0 Å². The first kappa shape index (κ1) is 18.2. The minimum atomic E-state index is -4.47. The third kappa shape index (κ3) is 4.67. The van der Waals surface area contributed by atoms with Crippen molar-refractivity contribution in [1.82, 2.24) is 0 Å². The van der Waals surface area contributed by atoms with E-state index in [1.54, 1.807) is 6.92 Å². The third-order valence-electron chi connectivity index (χ3n) is 2.85. The summed E-state index contributed by atoms with van der Waals surface area (Å²) in [4.78, 5) is 23.5. The number of ether oxygens (including phenoxy) is 2. The Balaban J connectivity index is 2.26. The van der Waals surface area contributed by atoms with Crippen LogP contribution in [-0.4, -0.2) is 23.2 Å². The van der Waals surface area contributed by atoms with Crippen LogP contribution < -0.4 is 5.32 Å². The van der Waals surface area contributed by atoms with E-state index in [4.69, 9.17) is 9.47 Å². The molecule has 9 heteroatoms. The summed E-state index contributed by atoms with van der Waals surface area (Å²) in [5, 5.41) is 2.55. The van der Waals surface area contributed by atoms with Crippen molar-refractivity contribution in [2.45, 2.75) is 37.0 Å². The van der Waals surface area contributed by atoms with Gasteiger partial charge < -0.3 is 14.8 Å². The molecule has 1 heterocycles. The maximum absolute atomic E-state index is 12.6. The number of benzene rings is 1. The van der Waals surface area contributed by atoms with Crippen molar-refractivity contribution in [3.63, 3.8) is 0 Å². The number of hydrogen-bond acceptors (Lipinski definition) is 6. The Bertz CT molecular complexity index is 691. The number of hydrogen-bond donors (Lipinski definition) is 1. The Morgan fingerprint density at radius 2 is 1.75 bits per heavy atom. The lowest BCUT2D eigenvalue weighted by atomic mass is 10.2. The number of rotatable bonds is 3. The molecular weight excluding hydrogens is 347 g/mol. The number of halogens is 3. The van der Waals surface area contributed by atoms with Crippen molar-refractivity contribution in [1.29, 1.82) is 0 Å². The van der Waals surface area contributed by atoms with Crippen LogP contribution in [0.1, 0.15) is 19.4 Å². The summed E-state index contributed by atoms with van der Waals surface area (Å²) < 4.78 is 47.6. The first-order valence-electron chi connectivity index (χ1n) is 6.77. The Labute approximate surface area is 140 Å². The molecule has 2 rings (SSSR count). The van der Waals surface area contributed by atoms with Crippen LogP contribution in [0.3, 0.4) is 0 Å². The average molecular weight is 361 g/mol. The molecular formula is C15H14F3NO4S. The average Bonchev–Trinajstić information content (AvgIpc) is 2.37. The predicted octanol–water partition coefficient (Wildman–Crippen LogP) is 3.74. The monoisotopic (exact) mass is 361 g/mol. The lowest BCUT2D eigenvalue weighted by Crippen LogP contribution is -2.42. The Hall–Kier alpha value is -2.16. The number of esters is 2. The van der Waals surface area contributed by atoms with Gasteiger partial charge in [-0.05, 0) is 36.4 Å². The van der Waals surface area contributed by atoms with Crippen LogP contribution in [0.5, 0.6) is 0 Å². The van der Waals surface area contributed by atoms with Crippen LogP contribution in [-0.2, 0) is 19.1 Å². The topological polar surface area (TPSA) is 64.6 Å². The molecule has 1 saturated heterocycles. The fraction of sp³-hybridized carbons (Fsp3) is 0.333. The van der Waals surface area contributed by atoms with Gasteiger partial charge in [-0.25, -0.2) is 9.59 Å². The minimum absolute atomic E-state index is 0.0946. The van der Waals surface area contributed by atoms with Gasteiger partial charge in [0.25, 0.3) is 5.79 Å². The van der Waals surface area contributed by atoms with E-state index < -0.39 is 28.8 Å². The zero-order chi connectivity index (χ0) is 18.1. The quantitative estimate of drug-likeness (QED) is 0.383. The molecule has 0 atom stereocenters. The van der Waals surface area contributed by atoms with E-state index in [0.29, 0.717) is 5.56 Å². The summed E-state index contributed by atoms with van der Waals surface area (Å²) in [6.07, 6.45) is 0.981. The summed E-state index contributed by atoms with van der Waals surface area (Å²) in [6.45, 7) is 4.49. The standard InChI is InChI=1S/C15H14F3NO4S/c1-8-4-5-11(24-15(16,17)18)10(6-8)19-7-9-12(20)22-14(2,3)23-13(9)21/h4-7,19H,1-3H3. The summed E-state index contributed by atoms with van der Waals surface area (Å²) >= 11 is -0.300. The second-order valence-corrected chi connectivity index (χ2v) is 6.54. The first-order chi connectivity index (χ1) is 11.0. The first-order valence-corrected chi connectivity index (χ1v) is 7.58. The molecule has 24 heavy (non-hydrogen) atoms. The predicted molar refractivity (Wildman–Crippen MR) is 81.1 cm³/mol. The molecule has 1 fully saturated rings. The van der Waals surface area contributed by atoms with Crippen molar-refractivity contribution < 1.29 is 32.2 Å². The zero-order valence-electron chi connectivity index (χ0n) is 13.0. The van der Waals surface area contributed by atoms with Gasteiger partial charge in [-0.3, -0.25) is 0 Å². The number of alkyl halides is 3. The number of carbonyl (C=O) groups is 2. The lowest BCUT2D eigenvalue weighted by molar-refractivity contribution is -0.222. The summed E-state index contributed by atoms with van der Waals surface area (Å²) in [6, 6.07) is 4.29. The summed E-state index contributed by atoms with van der Waals surface area (Å²) in [5.74, 6) is -3.21. The number of thioether (sulfide) groups is 1. The van der Waals surface area contributed by atoms with E-state index in [9.17, 15) is 22.8 Å². The van der Waals surface area contributed by atoms with Crippen molar-refractivity contribution in [2.75, 3.05) is 5.32 Å². The molecule has 0 aliphatic carbocycles. The summed E-state index contributed by atoms with van der Waals surface area (Å²) in [5.41, 5.74) is -4.09. The summed E-state index contributed by atoms with van der Waals surface area (Å²) in [7, 11) is 0. The number of nitrogens with one attached hydrogen (secondary N) is 1. The Kier molecular flexibility index (Phi) is 4.84. The SMILES string of the molecule is Cc1ccc(SC(F)(F)F)c(NC=C2C(=O)OC(C)(C)OC2=O)c1. The van der Waals surface area contributed by atoms with Crippen LogP contribution >= 0.6 is 11.8 Å². The molecule has 1 aliphatic rings. The maximum Gasteiger partial charge on any atom is 0.446 e. The Morgan fingerprint density at radius 1 is 1.17 bits per heavy atom. The molecule has 1 N–H and O–H groups in total. The van der Waals surface area contributed by atoms with E-state index in [1.165, 1.54) is 32.0 Å². The van der Waals surface area contributed by atoms with Crippen LogP contribution in [0.4, 0.5) is 18.9 Å². The largest absolute Gasteiger partial charge is 0.446 e. The fourth-order valence-corrected chi connectivity index (χ4v) is 2.51. The molecule has 1 aromatic carbocycles. The van der Waals surface area contributed by atoms with Crippen LogP contribution in [0.25, 0.3) is 0 Å². The van der Waals surface area contributed by atoms with E-state index >= 15 is 0 Å². The molecule has 1 aromatic rings. The van der Waals surface area contributed by atoms with Crippen LogP contribution in [0, 0.1) is 6.92 Å².